The molecule has 2 N–H and O–H groups in total. The quantitative estimate of drug-likeness (QED) is 0.840. The molecule has 5 heteroatoms. The summed E-state index contributed by atoms with van der Waals surface area (Å²) >= 11 is 4.97. The van der Waals surface area contributed by atoms with Crippen LogP contribution in [0.5, 0.6) is 0 Å². The monoisotopic (exact) mass is 278 g/mol. The van der Waals surface area contributed by atoms with Crippen LogP contribution in [-0.2, 0) is 6.54 Å². The number of pyridine rings is 1. The third kappa shape index (κ3) is 3.72. The Morgan fingerprint density at radius 2 is 2.32 bits per heavy atom. The molecule has 0 aliphatic carbocycles. The van der Waals surface area contributed by atoms with Crippen LogP contribution < -0.4 is 5.73 Å². The highest BCUT2D eigenvalue weighted by atomic mass is 32.1. The summed E-state index contributed by atoms with van der Waals surface area (Å²) in [5.74, 6) is 0. The van der Waals surface area contributed by atoms with E-state index in [1.54, 1.807) is 6.20 Å². The van der Waals surface area contributed by atoms with Crippen LogP contribution in [0.3, 0.4) is 0 Å². The topological polar surface area (TPSA) is 45.4 Å². The third-order valence-electron chi connectivity index (χ3n) is 3.82. The highest BCUT2D eigenvalue weighted by Gasteiger charge is 2.22. The largest absolute Gasteiger partial charge is 0.388 e. The van der Waals surface area contributed by atoms with Crippen molar-refractivity contribution in [1.82, 2.24) is 14.8 Å². The van der Waals surface area contributed by atoms with Crippen LogP contribution in [0.15, 0.2) is 18.3 Å². The van der Waals surface area contributed by atoms with E-state index >= 15 is 0 Å². The van der Waals surface area contributed by atoms with Gasteiger partial charge in [-0.15, -0.1) is 0 Å². The van der Waals surface area contributed by atoms with E-state index in [-0.39, 0.29) is 0 Å². The van der Waals surface area contributed by atoms with Gasteiger partial charge in [0.25, 0.3) is 0 Å². The third-order valence-corrected chi connectivity index (χ3v) is 4.02. The van der Waals surface area contributed by atoms with Crippen molar-refractivity contribution in [2.24, 2.45) is 5.73 Å². The van der Waals surface area contributed by atoms with Crippen LogP contribution >= 0.6 is 12.2 Å². The fraction of sp³-hybridized carbons (Fsp3) is 0.571. The molecule has 1 unspecified atom stereocenters. The number of nitrogens with two attached hydrogens (primary N) is 1. The smallest absolute Gasteiger partial charge is 0.122 e. The lowest BCUT2D eigenvalue weighted by atomic mass is 10.1. The number of hydrogen-bond acceptors (Lipinski definition) is 4. The summed E-state index contributed by atoms with van der Waals surface area (Å²) in [5, 5.41) is 0. The van der Waals surface area contributed by atoms with Gasteiger partial charge < -0.3 is 10.6 Å². The summed E-state index contributed by atoms with van der Waals surface area (Å²) in [7, 11) is 2.21. The number of hydrogen-bond donors (Lipinski definition) is 1. The fourth-order valence-electron chi connectivity index (χ4n) is 2.56. The number of aromatic nitrogens is 1. The lowest BCUT2D eigenvalue weighted by Crippen LogP contribution is -2.50. The molecule has 104 valence electrons. The van der Waals surface area contributed by atoms with Gasteiger partial charge in [-0.1, -0.05) is 19.1 Å². The Kier molecular flexibility index (Phi) is 4.85. The van der Waals surface area contributed by atoms with E-state index in [1.807, 2.05) is 12.1 Å². The second kappa shape index (κ2) is 6.41. The Bertz CT molecular complexity index is 449. The molecule has 1 saturated heterocycles. The molecule has 1 atom stereocenters. The van der Waals surface area contributed by atoms with Crippen molar-refractivity contribution in [3.8, 4) is 0 Å². The van der Waals surface area contributed by atoms with Crippen molar-refractivity contribution in [1.29, 1.82) is 0 Å². The number of thiocarbonyl (C=S) groups is 1. The Morgan fingerprint density at radius 1 is 1.53 bits per heavy atom. The molecule has 19 heavy (non-hydrogen) atoms. The maximum atomic E-state index is 5.63. The highest BCUT2D eigenvalue weighted by molar-refractivity contribution is 7.80. The second-order valence-electron chi connectivity index (χ2n) is 5.19. The van der Waals surface area contributed by atoms with Gasteiger partial charge in [0.2, 0.25) is 0 Å². The maximum absolute atomic E-state index is 5.63. The fourth-order valence-corrected chi connectivity index (χ4v) is 2.67. The van der Waals surface area contributed by atoms with Crippen molar-refractivity contribution in [3.05, 3.63) is 29.6 Å². The molecule has 0 amide bonds. The van der Waals surface area contributed by atoms with Crippen LogP contribution in [0, 0.1) is 0 Å². The number of nitrogens with zero attached hydrogens (tertiary/aromatic N) is 3. The van der Waals surface area contributed by atoms with Gasteiger partial charge in [0.05, 0.1) is 5.69 Å². The summed E-state index contributed by atoms with van der Waals surface area (Å²) in [6.07, 6.45) is 2.98. The summed E-state index contributed by atoms with van der Waals surface area (Å²) in [6, 6.07) is 4.70. The van der Waals surface area contributed by atoms with Gasteiger partial charge in [-0.3, -0.25) is 9.88 Å². The standard InChI is InChI=1S/C14H22N4S/c1-3-12-10-18(7-6-17(12)2)9-11-4-5-16-13(8-11)14(15)19/h4-5,8,12H,3,6-7,9-10H2,1-2H3,(H2,15,19). The molecule has 0 aromatic carbocycles. The molecule has 0 spiro atoms. The van der Waals surface area contributed by atoms with Crippen LogP contribution in [-0.4, -0.2) is 52.5 Å². The molecule has 0 radical (unpaired) electrons. The van der Waals surface area contributed by atoms with Gasteiger partial charge in [0.1, 0.15) is 4.99 Å². The van der Waals surface area contributed by atoms with Crippen LogP contribution in [0.2, 0.25) is 0 Å². The Morgan fingerprint density at radius 3 is 3.00 bits per heavy atom. The zero-order chi connectivity index (χ0) is 13.8. The lowest BCUT2D eigenvalue weighted by Gasteiger charge is -2.39. The maximum Gasteiger partial charge on any atom is 0.122 e. The van der Waals surface area contributed by atoms with E-state index in [0.29, 0.717) is 16.7 Å². The number of likely N-dealkylation sites (N-methyl/N-ethyl adjacent to an activating group) is 1. The van der Waals surface area contributed by atoms with E-state index in [1.165, 1.54) is 12.0 Å². The first kappa shape index (κ1) is 14.4. The van der Waals surface area contributed by atoms with Gasteiger partial charge in [-0.2, -0.15) is 0 Å². The molecular weight excluding hydrogens is 256 g/mol. The molecule has 1 aliphatic heterocycles. The van der Waals surface area contributed by atoms with E-state index in [0.717, 1.165) is 26.2 Å². The average molecular weight is 278 g/mol. The van der Waals surface area contributed by atoms with Gasteiger partial charge >= 0.3 is 0 Å². The predicted octanol–water partition coefficient (Wildman–Crippen LogP) is 1.24. The minimum Gasteiger partial charge on any atom is -0.388 e. The van der Waals surface area contributed by atoms with E-state index in [9.17, 15) is 0 Å². The summed E-state index contributed by atoms with van der Waals surface area (Å²) < 4.78 is 0. The van der Waals surface area contributed by atoms with E-state index in [4.69, 9.17) is 18.0 Å². The molecule has 1 aliphatic rings. The van der Waals surface area contributed by atoms with Crippen LogP contribution in [0.25, 0.3) is 0 Å². The van der Waals surface area contributed by atoms with Gasteiger partial charge in [-0.05, 0) is 31.2 Å². The number of piperazine rings is 1. The average Bonchev–Trinajstić information content (AvgIpc) is 2.41. The zero-order valence-electron chi connectivity index (χ0n) is 11.7. The van der Waals surface area contributed by atoms with Crippen molar-refractivity contribution < 1.29 is 0 Å². The van der Waals surface area contributed by atoms with Gasteiger partial charge in [0, 0.05) is 38.4 Å². The molecule has 2 rings (SSSR count). The van der Waals surface area contributed by atoms with Crippen LogP contribution in [0.4, 0.5) is 0 Å². The van der Waals surface area contributed by atoms with Crippen molar-refractivity contribution >= 4 is 17.2 Å². The van der Waals surface area contributed by atoms with Gasteiger partial charge in [-0.25, -0.2) is 0 Å². The van der Waals surface area contributed by atoms with E-state index in [2.05, 4.69) is 28.8 Å². The lowest BCUT2D eigenvalue weighted by molar-refractivity contribution is 0.0883. The Labute approximate surface area is 120 Å². The number of rotatable bonds is 4. The first-order valence-corrected chi connectivity index (χ1v) is 7.18. The first-order valence-electron chi connectivity index (χ1n) is 6.77. The minimum atomic E-state index is 0.367. The van der Waals surface area contributed by atoms with E-state index < -0.39 is 0 Å². The molecule has 1 aromatic rings. The molecule has 1 fully saturated rings. The molecule has 1 aromatic heterocycles. The minimum absolute atomic E-state index is 0.367. The zero-order valence-corrected chi connectivity index (χ0v) is 12.5. The van der Waals surface area contributed by atoms with Crippen molar-refractivity contribution in [2.75, 3.05) is 26.7 Å². The SMILES string of the molecule is CCC1CN(Cc2ccnc(C(N)=S)c2)CCN1C. The van der Waals surface area contributed by atoms with Crippen molar-refractivity contribution in [2.45, 2.75) is 25.9 Å². The normalized spacial score (nSPS) is 21.5. The highest BCUT2D eigenvalue weighted by Crippen LogP contribution is 2.14. The summed E-state index contributed by atoms with van der Waals surface area (Å²) in [4.78, 5) is 9.49. The molecule has 0 saturated carbocycles. The molecule has 4 nitrogen and oxygen atoms in total. The molecule has 2 heterocycles. The Hall–Kier alpha value is -1.04. The predicted molar refractivity (Wildman–Crippen MR) is 82.1 cm³/mol. The molecular formula is C14H22N4S. The Balaban J connectivity index is 2.01. The van der Waals surface area contributed by atoms with Gasteiger partial charge in [0.15, 0.2) is 0 Å². The molecule has 0 bridgehead atoms. The van der Waals surface area contributed by atoms with Crippen LogP contribution in [0.1, 0.15) is 24.6 Å². The summed E-state index contributed by atoms with van der Waals surface area (Å²) in [6.45, 7) is 6.56. The first-order chi connectivity index (χ1) is 9.10. The van der Waals surface area contributed by atoms with Crippen molar-refractivity contribution in [3.63, 3.8) is 0 Å². The second-order valence-corrected chi connectivity index (χ2v) is 5.63. The summed E-state index contributed by atoms with van der Waals surface area (Å²) in [5.41, 5.74) is 7.58.